The highest BCUT2D eigenvalue weighted by molar-refractivity contribution is 6.00. The number of likely N-dealkylation sites (tertiary alicyclic amines) is 1. The molecule has 0 spiro atoms. The molecular formula is C18H27N2O2+. The molecule has 2 aliphatic rings. The largest absolute Gasteiger partial charge is 0.497 e. The molecule has 0 unspecified atom stereocenters. The third-order valence-corrected chi connectivity index (χ3v) is 5.71. The topological polar surface area (TPSA) is 38.3 Å². The Bertz CT molecular complexity index is 576. The number of hydrogen-bond acceptors (Lipinski definition) is 2. The maximum Gasteiger partial charge on any atom is 0.285 e. The Morgan fingerprint density at radius 1 is 1.18 bits per heavy atom. The van der Waals surface area contributed by atoms with Gasteiger partial charge in [-0.1, -0.05) is 0 Å². The van der Waals surface area contributed by atoms with E-state index in [-0.39, 0.29) is 11.4 Å². The average molecular weight is 303 g/mol. The first kappa shape index (κ1) is 15.3. The Labute approximate surface area is 133 Å². The van der Waals surface area contributed by atoms with Crippen LogP contribution in [-0.4, -0.2) is 43.2 Å². The number of carbonyl (C=O) groups excluding carboxylic acids is 1. The summed E-state index contributed by atoms with van der Waals surface area (Å²) in [6, 6.07) is 3.96. The summed E-state index contributed by atoms with van der Waals surface area (Å²) in [5.74, 6) is 1.04. The molecule has 1 aliphatic heterocycles. The van der Waals surface area contributed by atoms with E-state index < -0.39 is 0 Å². The molecule has 3 rings (SSSR count). The smallest absolute Gasteiger partial charge is 0.285 e. The minimum absolute atomic E-state index is 0.185. The Hall–Kier alpha value is -1.55. The first-order valence-corrected chi connectivity index (χ1v) is 8.23. The Morgan fingerprint density at radius 2 is 1.73 bits per heavy atom. The zero-order chi connectivity index (χ0) is 16.0. The molecule has 4 nitrogen and oxygen atoms in total. The fraction of sp³-hybridized carbons (Fsp3) is 0.611. The first-order valence-electron chi connectivity index (χ1n) is 8.23. The molecule has 0 aromatic heterocycles. The predicted molar refractivity (Wildman–Crippen MR) is 88.2 cm³/mol. The molecule has 1 aromatic rings. The number of nitrogens with one attached hydrogen (secondary N) is 1. The van der Waals surface area contributed by atoms with E-state index >= 15 is 0 Å². The number of anilines is 1. The van der Waals surface area contributed by atoms with Gasteiger partial charge in [0.1, 0.15) is 5.75 Å². The van der Waals surface area contributed by atoms with Gasteiger partial charge in [0.05, 0.1) is 27.2 Å². The van der Waals surface area contributed by atoms with Gasteiger partial charge in [-0.15, -0.1) is 0 Å². The molecule has 1 aliphatic carbocycles. The van der Waals surface area contributed by atoms with Crippen molar-refractivity contribution in [2.24, 2.45) is 0 Å². The molecule has 0 bridgehead atoms. The molecule has 4 heteroatoms. The molecule has 1 amide bonds. The van der Waals surface area contributed by atoms with Crippen LogP contribution in [0.15, 0.2) is 12.1 Å². The Kier molecular flexibility index (Phi) is 3.68. The highest BCUT2D eigenvalue weighted by atomic mass is 16.5. The van der Waals surface area contributed by atoms with Crippen molar-refractivity contribution in [2.45, 2.75) is 45.1 Å². The second-order valence-electron chi connectivity index (χ2n) is 7.17. The van der Waals surface area contributed by atoms with Crippen LogP contribution in [0, 0.1) is 13.8 Å². The molecule has 1 saturated heterocycles. The van der Waals surface area contributed by atoms with Crippen molar-refractivity contribution >= 4 is 11.6 Å². The summed E-state index contributed by atoms with van der Waals surface area (Å²) in [7, 11) is 3.93. The maximum atomic E-state index is 13.0. The SMILES string of the molecule is COc1cc(C)c(NC(=O)C2([N+]3(C)CCCC3)CC2)c(C)c1. The van der Waals surface area contributed by atoms with Crippen LogP contribution >= 0.6 is 0 Å². The maximum absolute atomic E-state index is 13.0. The van der Waals surface area contributed by atoms with Crippen LogP contribution in [0.1, 0.15) is 36.8 Å². The Morgan fingerprint density at radius 3 is 2.18 bits per heavy atom. The van der Waals surface area contributed by atoms with Gasteiger partial charge in [-0.05, 0) is 37.1 Å². The van der Waals surface area contributed by atoms with E-state index in [1.165, 1.54) is 12.8 Å². The van der Waals surface area contributed by atoms with Crippen molar-refractivity contribution in [1.82, 2.24) is 0 Å². The second-order valence-corrected chi connectivity index (χ2v) is 7.17. The summed E-state index contributed by atoms with van der Waals surface area (Å²) in [5.41, 5.74) is 2.88. The summed E-state index contributed by atoms with van der Waals surface area (Å²) in [5, 5.41) is 3.22. The molecule has 1 heterocycles. The molecule has 1 saturated carbocycles. The number of rotatable bonds is 4. The molecule has 120 valence electrons. The molecule has 0 radical (unpaired) electrons. The lowest BCUT2D eigenvalue weighted by Gasteiger charge is -2.37. The summed E-state index contributed by atoms with van der Waals surface area (Å²) >= 11 is 0. The monoisotopic (exact) mass is 303 g/mol. The fourth-order valence-electron chi connectivity index (χ4n) is 4.06. The van der Waals surface area contributed by atoms with Crippen LogP contribution in [0.3, 0.4) is 0 Å². The quantitative estimate of drug-likeness (QED) is 0.868. The van der Waals surface area contributed by atoms with E-state index in [1.807, 2.05) is 26.0 Å². The van der Waals surface area contributed by atoms with E-state index in [0.717, 1.165) is 53.0 Å². The average Bonchev–Trinajstić information content (AvgIpc) is 3.20. The Balaban J connectivity index is 1.83. The van der Waals surface area contributed by atoms with Gasteiger partial charge in [0.2, 0.25) is 0 Å². The number of carbonyl (C=O) groups is 1. The van der Waals surface area contributed by atoms with Gasteiger partial charge < -0.3 is 14.5 Å². The second kappa shape index (κ2) is 5.27. The lowest BCUT2D eigenvalue weighted by Crippen LogP contribution is -2.57. The van der Waals surface area contributed by atoms with E-state index in [0.29, 0.717) is 0 Å². The first-order chi connectivity index (χ1) is 10.4. The fourth-order valence-corrected chi connectivity index (χ4v) is 4.06. The number of hydrogen-bond donors (Lipinski definition) is 1. The highest BCUT2D eigenvalue weighted by Gasteiger charge is 2.64. The summed E-state index contributed by atoms with van der Waals surface area (Å²) in [6.07, 6.45) is 4.52. The van der Waals surface area contributed by atoms with Crippen LogP contribution in [0.5, 0.6) is 5.75 Å². The number of methoxy groups -OCH3 is 1. The van der Waals surface area contributed by atoms with Crippen LogP contribution in [0.4, 0.5) is 5.69 Å². The minimum Gasteiger partial charge on any atom is -0.497 e. The number of benzene rings is 1. The standard InChI is InChI=1S/C18H26N2O2/c1-13-11-15(22-4)12-14(2)16(13)19-17(21)18(7-8-18)20(3)9-5-6-10-20/h11-12H,5-10H2,1-4H3/p+1. The van der Waals surface area contributed by atoms with Crippen LogP contribution in [0.25, 0.3) is 0 Å². The number of quaternary nitrogens is 1. The van der Waals surface area contributed by atoms with Gasteiger partial charge in [-0.3, -0.25) is 4.79 Å². The van der Waals surface area contributed by atoms with Crippen LogP contribution in [-0.2, 0) is 4.79 Å². The number of nitrogens with zero attached hydrogens (tertiary/aromatic N) is 1. The predicted octanol–water partition coefficient (Wildman–Crippen LogP) is 3.02. The zero-order valence-electron chi connectivity index (χ0n) is 14.2. The number of aryl methyl sites for hydroxylation is 2. The van der Waals surface area contributed by atoms with Crippen molar-refractivity contribution in [3.05, 3.63) is 23.3 Å². The minimum atomic E-state index is -0.185. The van der Waals surface area contributed by atoms with Gasteiger partial charge in [0.15, 0.2) is 5.54 Å². The normalized spacial score (nSPS) is 21.5. The molecule has 0 atom stereocenters. The van der Waals surface area contributed by atoms with Gasteiger partial charge in [0, 0.05) is 31.4 Å². The zero-order valence-corrected chi connectivity index (χ0v) is 14.2. The van der Waals surface area contributed by atoms with Gasteiger partial charge >= 0.3 is 0 Å². The molecule has 1 aromatic carbocycles. The number of ether oxygens (including phenoxy) is 1. The lowest BCUT2D eigenvalue weighted by atomic mass is 10.1. The number of amides is 1. The molecule has 2 fully saturated rings. The number of likely N-dealkylation sites (N-methyl/N-ethyl adjacent to an activating group) is 1. The van der Waals surface area contributed by atoms with Crippen molar-refractivity contribution in [2.75, 3.05) is 32.6 Å². The van der Waals surface area contributed by atoms with E-state index in [4.69, 9.17) is 4.74 Å². The lowest BCUT2D eigenvalue weighted by molar-refractivity contribution is -0.923. The van der Waals surface area contributed by atoms with E-state index in [9.17, 15) is 4.79 Å². The molecule has 1 N–H and O–H groups in total. The van der Waals surface area contributed by atoms with E-state index in [2.05, 4.69) is 12.4 Å². The van der Waals surface area contributed by atoms with Gasteiger partial charge in [0.25, 0.3) is 5.91 Å². The molecule has 22 heavy (non-hydrogen) atoms. The van der Waals surface area contributed by atoms with Crippen molar-refractivity contribution in [3.63, 3.8) is 0 Å². The summed E-state index contributed by atoms with van der Waals surface area (Å²) in [4.78, 5) is 13.0. The summed E-state index contributed by atoms with van der Waals surface area (Å²) in [6.45, 7) is 6.32. The third-order valence-electron chi connectivity index (χ3n) is 5.71. The van der Waals surface area contributed by atoms with Crippen LogP contribution in [0.2, 0.25) is 0 Å². The van der Waals surface area contributed by atoms with E-state index in [1.54, 1.807) is 7.11 Å². The van der Waals surface area contributed by atoms with Crippen molar-refractivity contribution < 1.29 is 14.0 Å². The van der Waals surface area contributed by atoms with Crippen LogP contribution < -0.4 is 10.1 Å². The van der Waals surface area contributed by atoms with Crippen molar-refractivity contribution in [3.8, 4) is 5.75 Å². The van der Waals surface area contributed by atoms with Gasteiger partial charge in [-0.25, -0.2) is 0 Å². The highest BCUT2D eigenvalue weighted by Crippen LogP contribution is 2.49. The summed E-state index contributed by atoms with van der Waals surface area (Å²) < 4.78 is 6.22. The van der Waals surface area contributed by atoms with Crippen molar-refractivity contribution in [1.29, 1.82) is 0 Å². The third kappa shape index (κ3) is 2.30. The molecular weight excluding hydrogens is 276 g/mol. The van der Waals surface area contributed by atoms with Gasteiger partial charge in [-0.2, -0.15) is 0 Å².